The monoisotopic (exact) mass is 662 g/mol. The van der Waals surface area contributed by atoms with Gasteiger partial charge in [0.05, 0.1) is 0 Å². The van der Waals surface area contributed by atoms with E-state index in [4.69, 9.17) is 0 Å². The van der Waals surface area contributed by atoms with E-state index >= 15 is 0 Å². The van der Waals surface area contributed by atoms with Crippen molar-refractivity contribution in [2.45, 2.75) is 91.9 Å². The first-order valence-electron chi connectivity index (χ1n) is 19.0. The lowest BCUT2D eigenvalue weighted by Gasteiger charge is -2.16. The van der Waals surface area contributed by atoms with Crippen LogP contribution in [0, 0.1) is 0 Å². The Kier molecular flexibility index (Phi) is 21.8. The van der Waals surface area contributed by atoms with Gasteiger partial charge in [-0.1, -0.05) is 231 Å². The summed E-state index contributed by atoms with van der Waals surface area (Å²) in [5, 5.41) is 0. The molecule has 0 nitrogen and oxygen atoms in total. The Hall–Kier alpha value is -4.68. The van der Waals surface area contributed by atoms with E-state index in [9.17, 15) is 0 Å². The molecular formula is C50H62. The topological polar surface area (TPSA) is 0 Å². The lowest BCUT2D eigenvalue weighted by molar-refractivity contribution is 0.773. The van der Waals surface area contributed by atoms with E-state index in [0.717, 1.165) is 25.7 Å². The van der Waals surface area contributed by atoms with Gasteiger partial charge in [0.15, 0.2) is 0 Å². The van der Waals surface area contributed by atoms with Gasteiger partial charge in [0, 0.05) is 17.8 Å². The van der Waals surface area contributed by atoms with Crippen LogP contribution in [0.3, 0.4) is 0 Å². The molecule has 0 heterocycles. The van der Waals surface area contributed by atoms with Gasteiger partial charge in [-0.15, -0.1) is 0 Å². The zero-order chi connectivity index (χ0) is 36.2. The predicted octanol–water partition coefficient (Wildman–Crippen LogP) is 15.1. The predicted molar refractivity (Wildman–Crippen MR) is 223 cm³/mol. The highest BCUT2D eigenvalue weighted by Gasteiger charge is 2.13. The van der Waals surface area contributed by atoms with Crippen molar-refractivity contribution in [3.8, 4) is 0 Å². The van der Waals surface area contributed by atoms with Crippen LogP contribution in [0.4, 0.5) is 0 Å². The van der Waals surface area contributed by atoms with Crippen LogP contribution >= 0.6 is 0 Å². The zero-order valence-electron chi connectivity index (χ0n) is 31.9. The Morgan fingerprint density at radius 2 is 0.660 bits per heavy atom. The van der Waals surface area contributed by atoms with E-state index in [1.807, 2.05) is 27.7 Å². The summed E-state index contributed by atoms with van der Waals surface area (Å²) in [6.07, 6.45) is 15.5. The minimum atomic E-state index is 0.535. The van der Waals surface area contributed by atoms with E-state index in [1.54, 1.807) is 0 Å². The van der Waals surface area contributed by atoms with E-state index in [2.05, 4.69) is 203 Å². The van der Waals surface area contributed by atoms with Crippen molar-refractivity contribution in [3.63, 3.8) is 0 Å². The van der Waals surface area contributed by atoms with Gasteiger partial charge >= 0.3 is 0 Å². The first-order chi connectivity index (χ1) is 24.7. The molecule has 1 aliphatic rings. The van der Waals surface area contributed by atoms with Gasteiger partial charge in [0.1, 0.15) is 0 Å². The molecule has 0 spiro atoms. The second kappa shape index (κ2) is 26.2. The summed E-state index contributed by atoms with van der Waals surface area (Å²) in [5.41, 5.74) is 8.50. The lowest BCUT2D eigenvalue weighted by atomic mass is 9.88. The molecule has 6 rings (SSSR count). The van der Waals surface area contributed by atoms with Gasteiger partial charge in [-0.2, -0.15) is 0 Å². The molecule has 0 heteroatoms. The Morgan fingerprint density at radius 3 is 0.940 bits per heavy atom. The fourth-order valence-corrected chi connectivity index (χ4v) is 6.27. The van der Waals surface area contributed by atoms with Crippen LogP contribution < -0.4 is 0 Å². The summed E-state index contributed by atoms with van der Waals surface area (Å²) in [7, 11) is 0. The van der Waals surface area contributed by atoms with E-state index in [1.165, 1.54) is 33.4 Å². The van der Waals surface area contributed by atoms with Crippen molar-refractivity contribution in [1.29, 1.82) is 0 Å². The Bertz CT molecular complexity index is 1420. The molecule has 0 N–H and O–H groups in total. The maximum Gasteiger partial charge on any atom is 0.00867 e. The minimum absolute atomic E-state index is 0.535. The number of rotatable bonds is 9. The minimum Gasteiger partial charge on any atom is -0.0807 e. The Balaban J connectivity index is 0.000000248. The molecule has 1 atom stereocenters. The van der Waals surface area contributed by atoms with Crippen LogP contribution in [-0.2, 0) is 0 Å². The normalized spacial score (nSPS) is 11.9. The Morgan fingerprint density at radius 1 is 0.380 bits per heavy atom. The molecule has 0 fully saturated rings. The highest BCUT2D eigenvalue weighted by atomic mass is 14.2. The fraction of sp³-hybridized carbons (Fsp3) is 0.280. The van der Waals surface area contributed by atoms with E-state index < -0.39 is 0 Å². The number of hydrogen-bond acceptors (Lipinski definition) is 0. The summed E-state index contributed by atoms with van der Waals surface area (Å²) < 4.78 is 0. The molecular weight excluding hydrogens is 601 g/mol. The van der Waals surface area contributed by atoms with E-state index in [0.29, 0.717) is 17.8 Å². The summed E-state index contributed by atoms with van der Waals surface area (Å²) >= 11 is 0. The first kappa shape index (κ1) is 41.5. The van der Waals surface area contributed by atoms with Crippen molar-refractivity contribution in [2.75, 3.05) is 0 Å². The molecule has 1 unspecified atom stereocenters. The average Bonchev–Trinajstić information content (AvgIpc) is 3.50. The van der Waals surface area contributed by atoms with Crippen LogP contribution in [0.1, 0.15) is 120 Å². The molecule has 0 bridgehead atoms. The van der Waals surface area contributed by atoms with Gasteiger partial charge in [-0.05, 0) is 59.1 Å². The molecule has 0 aromatic heterocycles. The maximum absolute atomic E-state index is 2.33. The van der Waals surface area contributed by atoms with Crippen LogP contribution in [0.15, 0.2) is 188 Å². The number of benzene rings is 5. The third kappa shape index (κ3) is 14.0. The quantitative estimate of drug-likeness (QED) is 0.147. The Labute approximate surface area is 306 Å². The molecule has 0 radical (unpaired) electrons. The fourth-order valence-electron chi connectivity index (χ4n) is 6.27. The smallest absolute Gasteiger partial charge is 0.00867 e. The first-order valence-corrected chi connectivity index (χ1v) is 19.0. The standard InChI is InChI=1S/C16H18.2C15H16.2C2H6/c1-2-16(15-12-8-5-9-13-15)14-10-6-3-4-7-11-14;2*1-2-15(13-9-5-3-6-10-13)14-11-7-4-8-12-14;2*1-2/h3-6,8-13,16H,2,7H2,1H3;2*3-12,15H,2H2,1H3;2*1-2H3. The van der Waals surface area contributed by atoms with Crippen molar-refractivity contribution < 1.29 is 0 Å². The molecule has 1 aliphatic carbocycles. The van der Waals surface area contributed by atoms with Gasteiger partial charge in [-0.3, -0.25) is 0 Å². The molecule has 262 valence electrons. The van der Waals surface area contributed by atoms with Gasteiger partial charge in [0.25, 0.3) is 0 Å². The molecule has 0 amide bonds. The third-order valence-electron chi connectivity index (χ3n) is 8.66. The molecule has 5 aromatic rings. The lowest BCUT2D eigenvalue weighted by Crippen LogP contribution is -1.99. The third-order valence-corrected chi connectivity index (χ3v) is 8.66. The highest BCUT2D eigenvalue weighted by molar-refractivity contribution is 5.38. The van der Waals surface area contributed by atoms with Crippen LogP contribution in [0.5, 0.6) is 0 Å². The largest absolute Gasteiger partial charge is 0.0807 e. The second-order valence-electron chi connectivity index (χ2n) is 11.7. The highest BCUT2D eigenvalue weighted by Crippen LogP contribution is 2.30. The van der Waals surface area contributed by atoms with Crippen molar-refractivity contribution in [2.24, 2.45) is 0 Å². The van der Waals surface area contributed by atoms with Crippen LogP contribution in [0.25, 0.3) is 0 Å². The average molecular weight is 663 g/mol. The molecule has 50 heavy (non-hydrogen) atoms. The maximum atomic E-state index is 2.33. The van der Waals surface area contributed by atoms with Crippen molar-refractivity contribution >= 4 is 0 Å². The molecule has 5 aromatic carbocycles. The molecule has 0 saturated carbocycles. The summed E-state index contributed by atoms with van der Waals surface area (Å²) in [4.78, 5) is 0. The van der Waals surface area contributed by atoms with E-state index in [-0.39, 0.29) is 0 Å². The van der Waals surface area contributed by atoms with Gasteiger partial charge < -0.3 is 0 Å². The second-order valence-corrected chi connectivity index (χ2v) is 11.7. The van der Waals surface area contributed by atoms with Crippen LogP contribution in [-0.4, -0.2) is 0 Å². The van der Waals surface area contributed by atoms with Crippen molar-refractivity contribution in [3.05, 3.63) is 215 Å². The van der Waals surface area contributed by atoms with Gasteiger partial charge in [0.2, 0.25) is 0 Å². The zero-order valence-corrected chi connectivity index (χ0v) is 31.9. The summed E-state index contributed by atoms with van der Waals surface area (Å²) in [6.45, 7) is 14.7. The summed E-state index contributed by atoms with van der Waals surface area (Å²) in [6, 6.07) is 53.6. The molecule has 0 aliphatic heterocycles. The SMILES string of the molecule is CC.CC.CCC(C1=CCC=CC=C1)c1ccccc1.CCC(c1ccccc1)c1ccccc1.CCC(c1ccccc1)c1ccccc1. The summed E-state index contributed by atoms with van der Waals surface area (Å²) in [5.74, 6) is 1.61. The van der Waals surface area contributed by atoms with Gasteiger partial charge in [-0.25, -0.2) is 0 Å². The number of allylic oxidation sites excluding steroid dienone is 6. The number of hydrogen-bond donors (Lipinski definition) is 0. The van der Waals surface area contributed by atoms with Crippen molar-refractivity contribution in [1.82, 2.24) is 0 Å². The molecule has 0 saturated heterocycles. The van der Waals surface area contributed by atoms with Crippen LogP contribution in [0.2, 0.25) is 0 Å².